The minimum absolute atomic E-state index is 0.0895. The van der Waals surface area contributed by atoms with Gasteiger partial charge in [-0.05, 0) is 36.8 Å². The molecule has 0 amide bonds. The van der Waals surface area contributed by atoms with Gasteiger partial charge in [-0.1, -0.05) is 26.2 Å². The molecule has 0 radical (unpaired) electrons. The topological polar surface area (TPSA) is 62.2 Å². The third kappa shape index (κ3) is 4.23. The number of carboxylic acid groups (broad SMARTS) is 1. The standard InChI is InChI=1S/C15H22N2O2/c1-11-3-2-4-12(9-11)7-8-16-13-5-6-14(15(18)19)17-10-13/h5-6,10-12,16H,2-4,7-9H2,1H3,(H,18,19). The predicted molar refractivity (Wildman–Crippen MR) is 75.4 cm³/mol. The summed E-state index contributed by atoms with van der Waals surface area (Å²) in [7, 11) is 0. The first-order valence-corrected chi connectivity index (χ1v) is 7.08. The van der Waals surface area contributed by atoms with Crippen LogP contribution in [0, 0.1) is 11.8 Å². The van der Waals surface area contributed by atoms with E-state index in [0.717, 1.165) is 24.1 Å². The Balaban J connectivity index is 1.74. The van der Waals surface area contributed by atoms with Crippen LogP contribution < -0.4 is 5.32 Å². The first-order valence-electron chi connectivity index (χ1n) is 7.08. The molecule has 2 atom stereocenters. The lowest BCUT2D eigenvalue weighted by Gasteiger charge is -2.26. The normalized spacial score (nSPS) is 23.0. The van der Waals surface area contributed by atoms with Crippen molar-refractivity contribution in [2.75, 3.05) is 11.9 Å². The molecule has 19 heavy (non-hydrogen) atoms. The summed E-state index contributed by atoms with van der Waals surface area (Å²) in [5, 5.41) is 12.1. The van der Waals surface area contributed by atoms with Crippen LogP contribution in [0.3, 0.4) is 0 Å². The number of hydrogen-bond donors (Lipinski definition) is 2. The van der Waals surface area contributed by atoms with Gasteiger partial charge >= 0.3 is 5.97 Å². The highest BCUT2D eigenvalue weighted by atomic mass is 16.4. The Morgan fingerprint density at radius 2 is 2.32 bits per heavy atom. The van der Waals surface area contributed by atoms with Crippen LogP contribution in [-0.2, 0) is 0 Å². The van der Waals surface area contributed by atoms with Crippen molar-refractivity contribution in [3.8, 4) is 0 Å². The highest BCUT2D eigenvalue weighted by molar-refractivity contribution is 5.85. The molecule has 4 nitrogen and oxygen atoms in total. The van der Waals surface area contributed by atoms with E-state index in [1.807, 2.05) is 0 Å². The lowest BCUT2D eigenvalue weighted by atomic mass is 9.81. The van der Waals surface area contributed by atoms with E-state index in [9.17, 15) is 4.79 Å². The fraction of sp³-hybridized carbons (Fsp3) is 0.600. The molecule has 104 valence electrons. The van der Waals surface area contributed by atoms with E-state index in [4.69, 9.17) is 5.11 Å². The molecule has 1 aromatic rings. The van der Waals surface area contributed by atoms with Gasteiger partial charge in [-0.15, -0.1) is 0 Å². The maximum atomic E-state index is 10.7. The Bertz CT molecular complexity index is 417. The number of carbonyl (C=O) groups is 1. The van der Waals surface area contributed by atoms with Crippen molar-refractivity contribution in [2.24, 2.45) is 11.8 Å². The van der Waals surface area contributed by atoms with E-state index >= 15 is 0 Å². The lowest BCUT2D eigenvalue weighted by molar-refractivity contribution is 0.0690. The molecular formula is C15H22N2O2. The number of nitrogens with zero attached hydrogens (tertiary/aromatic N) is 1. The molecule has 2 N–H and O–H groups in total. The van der Waals surface area contributed by atoms with Crippen molar-refractivity contribution in [1.82, 2.24) is 4.98 Å². The van der Waals surface area contributed by atoms with Crippen LogP contribution in [0.25, 0.3) is 0 Å². The van der Waals surface area contributed by atoms with E-state index in [0.29, 0.717) is 0 Å². The van der Waals surface area contributed by atoms with Crippen LogP contribution in [0.1, 0.15) is 49.5 Å². The smallest absolute Gasteiger partial charge is 0.354 e. The molecule has 1 heterocycles. The summed E-state index contributed by atoms with van der Waals surface area (Å²) in [6.07, 6.45) is 8.21. The number of aromatic nitrogens is 1. The lowest BCUT2D eigenvalue weighted by Crippen LogP contribution is -2.16. The SMILES string of the molecule is CC1CCCC(CCNc2ccc(C(=O)O)nc2)C1. The van der Waals surface area contributed by atoms with Gasteiger partial charge in [-0.2, -0.15) is 0 Å². The molecule has 2 unspecified atom stereocenters. The van der Waals surface area contributed by atoms with E-state index in [1.165, 1.54) is 38.2 Å². The monoisotopic (exact) mass is 262 g/mol. The zero-order valence-electron chi connectivity index (χ0n) is 11.4. The Morgan fingerprint density at radius 3 is 2.95 bits per heavy atom. The first-order chi connectivity index (χ1) is 9.15. The second kappa shape index (κ2) is 6.55. The van der Waals surface area contributed by atoms with Gasteiger partial charge in [-0.3, -0.25) is 0 Å². The van der Waals surface area contributed by atoms with Crippen LogP contribution in [0.2, 0.25) is 0 Å². The maximum absolute atomic E-state index is 10.7. The van der Waals surface area contributed by atoms with Gasteiger partial charge in [0.05, 0.1) is 11.9 Å². The largest absolute Gasteiger partial charge is 0.477 e. The highest BCUT2D eigenvalue weighted by Gasteiger charge is 2.18. The number of hydrogen-bond acceptors (Lipinski definition) is 3. The van der Waals surface area contributed by atoms with E-state index < -0.39 is 5.97 Å². The Kier molecular flexibility index (Phi) is 4.77. The summed E-state index contributed by atoms with van der Waals surface area (Å²) < 4.78 is 0. The van der Waals surface area contributed by atoms with Crippen molar-refractivity contribution in [1.29, 1.82) is 0 Å². The molecule has 0 spiro atoms. The van der Waals surface area contributed by atoms with Crippen LogP contribution in [-0.4, -0.2) is 22.6 Å². The van der Waals surface area contributed by atoms with Crippen molar-refractivity contribution in [3.63, 3.8) is 0 Å². The van der Waals surface area contributed by atoms with Gasteiger partial charge in [0.25, 0.3) is 0 Å². The zero-order chi connectivity index (χ0) is 13.7. The molecule has 0 aromatic carbocycles. The van der Waals surface area contributed by atoms with Crippen molar-refractivity contribution in [2.45, 2.75) is 39.0 Å². The van der Waals surface area contributed by atoms with Crippen LogP contribution >= 0.6 is 0 Å². The molecule has 2 rings (SSSR count). The number of anilines is 1. The maximum Gasteiger partial charge on any atom is 0.354 e. The van der Waals surface area contributed by atoms with Crippen LogP contribution in [0.4, 0.5) is 5.69 Å². The van der Waals surface area contributed by atoms with E-state index in [1.54, 1.807) is 12.3 Å². The third-order valence-electron chi connectivity index (χ3n) is 3.91. The number of pyridine rings is 1. The molecule has 1 aliphatic carbocycles. The van der Waals surface area contributed by atoms with Gasteiger partial charge in [0, 0.05) is 6.54 Å². The van der Waals surface area contributed by atoms with Gasteiger partial charge in [0.1, 0.15) is 5.69 Å². The van der Waals surface area contributed by atoms with E-state index in [-0.39, 0.29) is 5.69 Å². The average Bonchev–Trinajstić information content (AvgIpc) is 2.39. The summed E-state index contributed by atoms with van der Waals surface area (Å²) >= 11 is 0. The van der Waals surface area contributed by atoms with Crippen molar-refractivity contribution < 1.29 is 9.90 Å². The molecule has 1 aliphatic rings. The summed E-state index contributed by atoms with van der Waals surface area (Å²) in [5.74, 6) is 0.723. The molecule has 1 fully saturated rings. The third-order valence-corrected chi connectivity index (χ3v) is 3.91. The second-order valence-electron chi connectivity index (χ2n) is 5.59. The molecule has 0 saturated heterocycles. The van der Waals surface area contributed by atoms with Crippen LogP contribution in [0.15, 0.2) is 18.3 Å². The summed E-state index contributed by atoms with van der Waals surface area (Å²) in [4.78, 5) is 14.6. The number of nitrogens with one attached hydrogen (secondary N) is 1. The fourth-order valence-corrected chi connectivity index (χ4v) is 2.87. The average molecular weight is 262 g/mol. The Labute approximate surface area is 114 Å². The van der Waals surface area contributed by atoms with Crippen molar-refractivity contribution in [3.05, 3.63) is 24.0 Å². The molecule has 1 aromatic heterocycles. The molecular weight excluding hydrogens is 240 g/mol. The molecule has 0 bridgehead atoms. The summed E-state index contributed by atoms with van der Waals surface area (Å²) in [5.41, 5.74) is 0.987. The highest BCUT2D eigenvalue weighted by Crippen LogP contribution is 2.30. The quantitative estimate of drug-likeness (QED) is 0.853. The summed E-state index contributed by atoms with van der Waals surface area (Å²) in [6.45, 7) is 3.28. The Morgan fingerprint density at radius 1 is 1.47 bits per heavy atom. The second-order valence-corrected chi connectivity index (χ2v) is 5.59. The van der Waals surface area contributed by atoms with E-state index in [2.05, 4.69) is 17.2 Å². The summed E-state index contributed by atoms with van der Waals surface area (Å²) in [6, 6.07) is 3.31. The van der Waals surface area contributed by atoms with Gasteiger partial charge in [0.2, 0.25) is 0 Å². The van der Waals surface area contributed by atoms with Crippen molar-refractivity contribution >= 4 is 11.7 Å². The number of aromatic carboxylic acids is 1. The molecule has 0 aliphatic heterocycles. The Hall–Kier alpha value is -1.58. The predicted octanol–water partition coefficient (Wildman–Crippen LogP) is 3.41. The van der Waals surface area contributed by atoms with Crippen LogP contribution in [0.5, 0.6) is 0 Å². The fourth-order valence-electron chi connectivity index (χ4n) is 2.87. The zero-order valence-corrected chi connectivity index (χ0v) is 11.4. The number of rotatable bonds is 5. The van der Waals surface area contributed by atoms with Gasteiger partial charge in [0.15, 0.2) is 0 Å². The van der Waals surface area contributed by atoms with Gasteiger partial charge < -0.3 is 10.4 Å². The van der Waals surface area contributed by atoms with Gasteiger partial charge in [-0.25, -0.2) is 9.78 Å². The minimum Gasteiger partial charge on any atom is -0.477 e. The first kappa shape index (κ1) is 13.8. The molecule has 1 saturated carbocycles. The minimum atomic E-state index is -0.984. The number of carboxylic acids is 1. The molecule has 4 heteroatoms.